The van der Waals surface area contributed by atoms with Crippen LogP contribution < -0.4 is 36.9 Å². The van der Waals surface area contributed by atoms with E-state index >= 15 is 4.79 Å². The molecule has 2 aliphatic heterocycles. The van der Waals surface area contributed by atoms with E-state index in [1.165, 1.54) is 0 Å². The summed E-state index contributed by atoms with van der Waals surface area (Å²) in [5.41, 5.74) is 15.7. The van der Waals surface area contributed by atoms with Gasteiger partial charge in [-0.25, -0.2) is 0 Å². The topological polar surface area (TPSA) is 190 Å². The Morgan fingerprint density at radius 2 is 1.37 bits per heavy atom. The van der Waals surface area contributed by atoms with Crippen molar-refractivity contribution in [1.82, 2.24) is 4.90 Å². The number of hydrogen-bond acceptors (Lipinski definition) is 9. The Morgan fingerprint density at radius 3 is 1.97 bits per heavy atom. The third-order valence-corrected chi connectivity index (χ3v) is 17.6. The molecule has 0 aliphatic carbocycles. The van der Waals surface area contributed by atoms with Crippen LogP contribution in [0.5, 0.6) is 5.75 Å². The molecule has 0 unspecified atom stereocenters. The van der Waals surface area contributed by atoms with Crippen LogP contribution in [0.15, 0.2) is 146 Å². The van der Waals surface area contributed by atoms with Crippen molar-refractivity contribution in [3.05, 3.63) is 173 Å². The predicted molar refractivity (Wildman–Crippen MR) is 265 cm³/mol. The molecule has 0 bridgehead atoms. The molecule has 344 valence electrons. The van der Waals surface area contributed by atoms with Gasteiger partial charge in [-0.2, -0.15) is 0 Å². The summed E-state index contributed by atoms with van der Waals surface area (Å²) in [5, 5.41) is 17.2. The van der Waals surface area contributed by atoms with Crippen LogP contribution in [-0.2, 0) is 33.0 Å². The Bertz CT molecular complexity index is 2770. The number of amides is 4. The average Bonchev–Trinajstić information content (AvgIpc) is 3.74. The van der Waals surface area contributed by atoms with E-state index in [1.807, 2.05) is 79.7 Å². The maximum Gasteiger partial charge on any atom is 0.264 e. The monoisotopic (exact) mass is 916 g/mol. The van der Waals surface area contributed by atoms with Gasteiger partial charge in [-0.3, -0.25) is 19.2 Å². The Kier molecular flexibility index (Phi) is 13.3. The molecule has 0 saturated carbocycles. The number of rotatable bonds is 15. The molecule has 4 atom stereocenters. The third-order valence-electron chi connectivity index (χ3n) is 13.3. The number of carbonyl (C=O) groups is 4. The Labute approximate surface area is 391 Å². The Hall–Kier alpha value is -7.26. The van der Waals surface area contributed by atoms with Gasteiger partial charge in [0.15, 0.2) is 5.60 Å². The van der Waals surface area contributed by atoms with Crippen LogP contribution in [0.2, 0.25) is 18.6 Å². The number of anilines is 5. The number of nitrogens with zero attached hydrogens (tertiary/aromatic N) is 2. The molecule has 67 heavy (non-hydrogen) atoms. The van der Waals surface area contributed by atoms with Crippen LogP contribution in [0, 0.1) is 5.92 Å². The molecule has 4 amide bonds. The SMILES string of the molecule is COc1ccc([Si](C)(C)[C@@H]2[C@@H](CC(=O)N(CCO)Cc3ccccc3)O[C@]3(C(=O)N(Cc4cccc(NC(=O)c5ccc(N)cc5)c4)c4ccc(NC(=O)c5ccc(N)cc5)cc43)[C@H]2C)cc1. The van der Waals surface area contributed by atoms with Gasteiger partial charge >= 0.3 is 0 Å². The predicted octanol–water partition coefficient (Wildman–Crippen LogP) is 7.54. The molecule has 6 aromatic carbocycles. The molecule has 0 radical (unpaired) electrons. The number of methoxy groups -OCH3 is 1. The van der Waals surface area contributed by atoms with Crippen molar-refractivity contribution in [2.45, 2.75) is 56.8 Å². The molecule has 1 spiro atoms. The highest BCUT2D eigenvalue weighted by Crippen LogP contribution is 2.60. The normalized spacial score (nSPS) is 18.7. The fraction of sp³-hybridized carbons (Fsp3) is 0.245. The van der Waals surface area contributed by atoms with Crippen LogP contribution in [0.1, 0.15) is 50.8 Å². The van der Waals surface area contributed by atoms with Crippen molar-refractivity contribution in [3.63, 3.8) is 0 Å². The number of nitrogen functional groups attached to an aromatic ring is 2. The summed E-state index contributed by atoms with van der Waals surface area (Å²) in [6.45, 7) is 6.86. The highest BCUT2D eigenvalue weighted by atomic mass is 28.3. The largest absolute Gasteiger partial charge is 0.497 e. The molecule has 8 rings (SSSR count). The van der Waals surface area contributed by atoms with Gasteiger partial charge in [0.05, 0.1) is 46.5 Å². The van der Waals surface area contributed by atoms with Crippen LogP contribution >= 0.6 is 0 Å². The fourth-order valence-corrected chi connectivity index (χ4v) is 13.9. The number of hydrogen-bond donors (Lipinski definition) is 5. The zero-order chi connectivity index (χ0) is 47.5. The van der Waals surface area contributed by atoms with E-state index in [2.05, 4.69) is 35.9 Å². The summed E-state index contributed by atoms with van der Waals surface area (Å²) >= 11 is 0. The van der Waals surface area contributed by atoms with Crippen molar-refractivity contribution in [3.8, 4) is 5.75 Å². The molecule has 2 heterocycles. The van der Waals surface area contributed by atoms with Crippen molar-refractivity contribution >= 4 is 65.3 Å². The molecule has 0 aromatic heterocycles. The second kappa shape index (κ2) is 19.3. The standard InChI is InChI=1S/C53H56N6O7Si/c1-34-49(67(3,4)44-24-22-43(65-2)23-25-44)47(31-48(61)58(27-28-60)32-35-9-6-5-7-10-35)66-53(34)45-30-42(57-51(63)38-15-19-40(55)20-16-38)21-26-46(45)59(52(53)64)33-36-11-8-12-41(29-36)56-50(62)37-13-17-39(54)18-14-37/h5-26,29-30,34,47,49,60H,27-28,31-33,54-55H2,1-4H3,(H,56,62)(H,57,63)/t34-,47+,49-,53+/m0/s1. The highest BCUT2D eigenvalue weighted by molar-refractivity contribution is 6.91. The smallest absolute Gasteiger partial charge is 0.264 e. The molecule has 6 aromatic rings. The summed E-state index contributed by atoms with van der Waals surface area (Å²) in [6.07, 6.45) is -0.762. The van der Waals surface area contributed by atoms with E-state index in [0.717, 1.165) is 16.3 Å². The number of benzene rings is 6. The van der Waals surface area contributed by atoms with E-state index in [4.69, 9.17) is 20.9 Å². The van der Waals surface area contributed by atoms with Crippen molar-refractivity contribution < 1.29 is 33.8 Å². The Morgan fingerprint density at radius 1 is 0.776 bits per heavy atom. The van der Waals surface area contributed by atoms with Crippen molar-refractivity contribution in [2.75, 3.05) is 47.3 Å². The van der Waals surface area contributed by atoms with Crippen LogP contribution in [0.3, 0.4) is 0 Å². The summed E-state index contributed by atoms with van der Waals surface area (Å²) in [6, 6.07) is 43.6. The summed E-state index contributed by atoms with van der Waals surface area (Å²) in [7, 11) is -1.06. The lowest BCUT2D eigenvalue weighted by molar-refractivity contribution is -0.150. The molecular weight excluding hydrogens is 861 g/mol. The van der Waals surface area contributed by atoms with E-state index in [-0.39, 0.29) is 55.3 Å². The number of aliphatic hydroxyl groups is 1. The molecular formula is C53H56N6O7Si. The minimum Gasteiger partial charge on any atom is -0.497 e. The van der Waals surface area contributed by atoms with Gasteiger partial charge in [-0.15, -0.1) is 0 Å². The molecule has 13 nitrogen and oxygen atoms in total. The molecule has 14 heteroatoms. The maximum atomic E-state index is 15.8. The highest BCUT2D eigenvalue weighted by Gasteiger charge is 2.66. The minimum absolute atomic E-state index is 0.0396. The van der Waals surface area contributed by atoms with Gasteiger partial charge in [-0.05, 0) is 108 Å². The van der Waals surface area contributed by atoms with E-state index in [9.17, 15) is 19.5 Å². The second-order valence-electron chi connectivity index (χ2n) is 17.9. The van der Waals surface area contributed by atoms with Crippen LogP contribution in [-0.4, -0.2) is 68.1 Å². The van der Waals surface area contributed by atoms with Gasteiger partial charge in [0.2, 0.25) is 5.91 Å². The first-order chi connectivity index (χ1) is 32.2. The van der Waals surface area contributed by atoms with Crippen molar-refractivity contribution in [2.24, 2.45) is 5.92 Å². The lowest BCUT2D eigenvalue weighted by Gasteiger charge is -2.37. The van der Waals surface area contributed by atoms with Gasteiger partial charge in [-0.1, -0.05) is 79.8 Å². The van der Waals surface area contributed by atoms with E-state index in [0.29, 0.717) is 57.4 Å². The second-order valence-corrected chi connectivity index (χ2v) is 22.5. The quantitative estimate of drug-likeness (QED) is 0.0512. The first kappa shape index (κ1) is 46.3. The first-order valence-corrected chi connectivity index (χ1v) is 25.4. The molecule has 7 N–H and O–H groups in total. The lowest BCUT2D eigenvalue weighted by atomic mass is 9.82. The lowest BCUT2D eigenvalue weighted by Crippen LogP contribution is -2.52. The average molecular weight is 917 g/mol. The summed E-state index contributed by atoms with van der Waals surface area (Å²) in [4.78, 5) is 60.6. The molecule has 1 saturated heterocycles. The van der Waals surface area contributed by atoms with E-state index < -0.39 is 25.7 Å². The first-order valence-electron chi connectivity index (χ1n) is 22.4. The van der Waals surface area contributed by atoms with Gasteiger partial charge in [0.25, 0.3) is 17.7 Å². The number of nitrogens with two attached hydrogens (primary N) is 2. The maximum absolute atomic E-state index is 15.8. The summed E-state index contributed by atoms with van der Waals surface area (Å²) < 4.78 is 12.9. The number of carbonyl (C=O) groups excluding carboxylic acids is 4. The van der Waals surface area contributed by atoms with Gasteiger partial charge in [0, 0.05) is 58.4 Å². The fourth-order valence-electron chi connectivity index (χ4n) is 9.87. The molecule has 1 fully saturated rings. The van der Waals surface area contributed by atoms with E-state index in [1.54, 1.807) is 77.6 Å². The minimum atomic E-state index is -2.68. The van der Waals surface area contributed by atoms with Gasteiger partial charge in [0.1, 0.15) is 5.75 Å². The zero-order valence-corrected chi connectivity index (χ0v) is 39.1. The number of aliphatic hydroxyl groups excluding tert-OH is 1. The summed E-state index contributed by atoms with van der Waals surface area (Å²) in [5.74, 6) is -0.932. The van der Waals surface area contributed by atoms with Gasteiger partial charge < -0.3 is 46.5 Å². The third kappa shape index (κ3) is 9.41. The molecule has 2 aliphatic rings. The zero-order valence-electron chi connectivity index (χ0n) is 38.1. The Balaban J connectivity index is 1.20. The van der Waals surface area contributed by atoms with Crippen molar-refractivity contribution in [1.29, 1.82) is 0 Å². The van der Waals surface area contributed by atoms with Crippen LogP contribution in [0.25, 0.3) is 0 Å². The van der Waals surface area contributed by atoms with Crippen LogP contribution in [0.4, 0.5) is 28.4 Å². The number of ether oxygens (including phenoxy) is 2. The number of fused-ring (bicyclic) bond motifs is 2. The number of nitrogens with one attached hydrogen (secondary N) is 2.